The fraction of sp³-hybridized carbons (Fsp3) is 0.419. The summed E-state index contributed by atoms with van der Waals surface area (Å²) >= 11 is 6.44. The summed E-state index contributed by atoms with van der Waals surface area (Å²) in [7, 11) is 0. The first-order valence-corrected chi connectivity index (χ1v) is 15.1. The predicted octanol–water partition coefficient (Wildman–Crippen LogP) is 4.53. The number of benzene rings is 2. The molecule has 1 aromatic heterocycles. The number of hydrogen-bond acceptors (Lipinski definition) is 7. The van der Waals surface area contributed by atoms with Crippen LogP contribution in [0, 0.1) is 0 Å². The van der Waals surface area contributed by atoms with Crippen molar-refractivity contribution < 1.29 is 18.8 Å². The van der Waals surface area contributed by atoms with Crippen LogP contribution < -0.4 is 20.4 Å². The molecule has 0 radical (unpaired) electrons. The van der Waals surface area contributed by atoms with E-state index in [0.717, 1.165) is 55.3 Å². The number of aromatic nitrogens is 1. The quantitative estimate of drug-likeness (QED) is 0.334. The molecule has 0 bridgehead atoms. The Hall–Kier alpha value is -4.05. The maximum absolute atomic E-state index is 13.2. The Labute approximate surface area is 250 Å². The molecule has 3 heterocycles. The summed E-state index contributed by atoms with van der Waals surface area (Å²) in [4.78, 5) is 48.8. The van der Waals surface area contributed by atoms with Crippen molar-refractivity contribution in [2.24, 2.45) is 0 Å². The monoisotopic (exact) mass is 590 g/mol. The molecule has 2 N–H and O–H groups in total. The Bertz CT molecular complexity index is 1460. The summed E-state index contributed by atoms with van der Waals surface area (Å²) in [6, 6.07) is 13.2. The average Bonchev–Trinajstić information content (AvgIpc) is 3.59. The molecule has 6 rings (SSSR count). The molecular weight excluding hydrogens is 556 g/mol. The maximum atomic E-state index is 13.2. The maximum Gasteiger partial charge on any atom is 0.277 e. The van der Waals surface area contributed by atoms with Gasteiger partial charge < -0.3 is 29.8 Å². The number of amides is 3. The Morgan fingerprint density at radius 2 is 1.74 bits per heavy atom. The molecule has 0 spiro atoms. The minimum Gasteiger partial charge on any atom is -0.448 e. The van der Waals surface area contributed by atoms with Crippen LogP contribution >= 0.6 is 11.6 Å². The van der Waals surface area contributed by atoms with Gasteiger partial charge in [0.05, 0.1) is 22.1 Å². The first kappa shape index (κ1) is 28.1. The lowest BCUT2D eigenvalue weighted by Crippen LogP contribution is -2.47. The minimum atomic E-state index is -0.380. The van der Waals surface area contributed by atoms with Crippen molar-refractivity contribution >= 4 is 46.4 Å². The molecule has 10 nitrogen and oxygen atoms in total. The summed E-state index contributed by atoms with van der Waals surface area (Å²) < 4.78 is 5.53. The average molecular weight is 591 g/mol. The Morgan fingerprint density at radius 3 is 2.45 bits per heavy atom. The molecule has 3 aromatic rings. The van der Waals surface area contributed by atoms with Crippen LogP contribution in [0.3, 0.4) is 0 Å². The predicted molar refractivity (Wildman–Crippen MR) is 162 cm³/mol. The summed E-state index contributed by atoms with van der Waals surface area (Å²) in [5.74, 6) is 0.466. The Morgan fingerprint density at radius 1 is 0.976 bits per heavy atom. The third-order valence-corrected chi connectivity index (χ3v) is 8.38. The van der Waals surface area contributed by atoms with E-state index in [0.29, 0.717) is 62.1 Å². The van der Waals surface area contributed by atoms with E-state index in [-0.39, 0.29) is 23.4 Å². The second kappa shape index (κ2) is 12.4. The van der Waals surface area contributed by atoms with Crippen molar-refractivity contribution in [2.75, 3.05) is 60.9 Å². The Balaban J connectivity index is 1.15. The van der Waals surface area contributed by atoms with Gasteiger partial charge in [-0.05, 0) is 56.0 Å². The number of piperazine rings is 1. The van der Waals surface area contributed by atoms with E-state index in [1.54, 1.807) is 12.1 Å². The first-order valence-electron chi connectivity index (χ1n) is 14.7. The van der Waals surface area contributed by atoms with Crippen LogP contribution in [0.1, 0.15) is 64.8 Å². The topological polar surface area (TPSA) is 111 Å². The third kappa shape index (κ3) is 6.38. The number of halogens is 1. The van der Waals surface area contributed by atoms with Gasteiger partial charge in [-0.15, -0.1) is 0 Å². The third-order valence-electron chi connectivity index (χ3n) is 8.06. The number of carbonyl (C=O) groups is 3. The first-order chi connectivity index (χ1) is 20.5. The van der Waals surface area contributed by atoms with E-state index in [2.05, 4.69) is 25.4 Å². The van der Waals surface area contributed by atoms with Gasteiger partial charge in [-0.1, -0.05) is 23.7 Å². The van der Waals surface area contributed by atoms with Crippen molar-refractivity contribution in [1.82, 2.24) is 15.2 Å². The van der Waals surface area contributed by atoms with Crippen LogP contribution in [-0.2, 0) is 4.79 Å². The minimum absolute atomic E-state index is 0.182. The lowest BCUT2D eigenvalue weighted by molar-refractivity contribution is -0.127. The van der Waals surface area contributed by atoms with Crippen LogP contribution in [0.15, 0.2) is 53.1 Å². The molecule has 42 heavy (non-hydrogen) atoms. The molecule has 11 heteroatoms. The highest BCUT2D eigenvalue weighted by molar-refractivity contribution is 6.33. The highest BCUT2D eigenvalue weighted by atomic mass is 35.5. The van der Waals surface area contributed by atoms with Crippen molar-refractivity contribution in [3.05, 3.63) is 70.9 Å². The molecule has 3 amide bonds. The van der Waals surface area contributed by atoms with E-state index < -0.39 is 0 Å². The number of nitrogens with zero attached hydrogens (tertiary/aromatic N) is 4. The number of anilines is 3. The molecule has 2 aromatic carbocycles. The fourth-order valence-electron chi connectivity index (χ4n) is 5.56. The van der Waals surface area contributed by atoms with Crippen LogP contribution in [0.4, 0.5) is 17.1 Å². The smallest absolute Gasteiger partial charge is 0.277 e. The second-order valence-electron chi connectivity index (χ2n) is 11.1. The molecule has 2 aliphatic heterocycles. The summed E-state index contributed by atoms with van der Waals surface area (Å²) in [6.07, 6.45) is 5.64. The van der Waals surface area contributed by atoms with Gasteiger partial charge in [-0.2, -0.15) is 0 Å². The molecular formula is C31H35ClN6O4. The molecule has 220 valence electrons. The highest BCUT2D eigenvalue weighted by Gasteiger charge is 2.30. The molecule has 3 aliphatic rings. The summed E-state index contributed by atoms with van der Waals surface area (Å²) in [5.41, 5.74) is 3.04. The molecule has 1 saturated carbocycles. The van der Waals surface area contributed by atoms with Gasteiger partial charge in [0.1, 0.15) is 6.26 Å². The molecule has 3 fully saturated rings. The van der Waals surface area contributed by atoms with Crippen molar-refractivity contribution in [3.63, 3.8) is 0 Å². The van der Waals surface area contributed by atoms with Gasteiger partial charge in [0, 0.05) is 63.7 Å². The van der Waals surface area contributed by atoms with Crippen LogP contribution in [0.25, 0.3) is 0 Å². The van der Waals surface area contributed by atoms with Gasteiger partial charge in [0.2, 0.25) is 5.91 Å². The number of para-hydroxylation sites is 1. The number of oxazole rings is 1. The van der Waals surface area contributed by atoms with Crippen molar-refractivity contribution in [3.8, 4) is 0 Å². The number of rotatable bonds is 10. The Kier molecular flexibility index (Phi) is 8.32. The van der Waals surface area contributed by atoms with Crippen LogP contribution in [0.5, 0.6) is 0 Å². The van der Waals surface area contributed by atoms with Gasteiger partial charge in [-0.3, -0.25) is 14.4 Å². The van der Waals surface area contributed by atoms with Gasteiger partial charge in [0.25, 0.3) is 11.8 Å². The van der Waals surface area contributed by atoms with Crippen molar-refractivity contribution in [2.45, 2.75) is 38.0 Å². The van der Waals surface area contributed by atoms with Gasteiger partial charge in [0.15, 0.2) is 11.6 Å². The largest absolute Gasteiger partial charge is 0.448 e. The molecule has 1 aliphatic carbocycles. The fourth-order valence-corrected chi connectivity index (χ4v) is 5.82. The molecule has 0 unspecified atom stereocenters. The molecule has 2 saturated heterocycles. The SMILES string of the molecule is O=C(NCCCN1CCCC1=O)c1ccc(N2CCN(c3ccccc3Cl)CC2)c(NC(=O)c2coc(C3CC3)n2)c1. The molecule has 0 atom stereocenters. The zero-order valence-electron chi connectivity index (χ0n) is 23.5. The van der Waals surface area contributed by atoms with Crippen LogP contribution in [0.2, 0.25) is 5.02 Å². The zero-order valence-corrected chi connectivity index (χ0v) is 24.2. The van der Waals surface area contributed by atoms with E-state index in [1.165, 1.54) is 6.26 Å². The summed E-state index contributed by atoms with van der Waals surface area (Å²) in [5, 5.41) is 6.66. The van der Waals surface area contributed by atoms with Crippen molar-refractivity contribution in [1.29, 1.82) is 0 Å². The summed E-state index contributed by atoms with van der Waals surface area (Å²) in [6.45, 7) is 4.83. The van der Waals surface area contributed by atoms with Gasteiger partial charge in [-0.25, -0.2) is 4.98 Å². The highest BCUT2D eigenvalue weighted by Crippen LogP contribution is 2.39. The van der Waals surface area contributed by atoms with Crippen LogP contribution in [-0.4, -0.2) is 73.4 Å². The number of nitrogens with one attached hydrogen (secondary N) is 2. The normalized spacial score (nSPS) is 17.1. The van der Waals surface area contributed by atoms with Gasteiger partial charge >= 0.3 is 0 Å². The number of likely N-dealkylation sites (tertiary alicyclic amines) is 1. The van der Waals surface area contributed by atoms with E-state index >= 15 is 0 Å². The zero-order chi connectivity index (χ0) is 29.1. The van der Waals surface area contributed by atoms with E-state index in [1.807, 2.05) is 35.2 Å². The number of hydrogen-bond donors (Lipinski definition) is 2. The van der Waals surface area contributed by atoms with E-state index in [4.69, 9.17) is 16.0 Å². The second-order valence-corrected chi connectivity index (χ2v) is 11.5. The lowest BCUT2D eigenvalue weighted by atomic mass is 10.1. The number of carbonyl (C=O) groups excluding carboxylic acids is 3. The standard InChI is InChI=1S/C31H35ClN6O4/c32-23-5-1-2-6-26(23)36-15-17-37(18-16-36)27-11-10-22(29(40)33-12-4-14-38-13-3-7-28(38)39)19-24(27)34-30(41)25-20-42-31(35-25)21-8-9-21/h1-2,5-6,10-11,19-21H,3-4,7-9,12-18H2,(H,33,40)(H,34,41). The van der Waals surface area contributed by atoms with E-state index in [9.17, 15) is 14.4 Å². The lowest BCUT2D eigenvalue weighted by Gasteiger charge is -2.38.